The van der Waals surface area contributed by atoms with E-state index in [2.05, 4.69) is 5.32 Å². The van der Waals surface area contributed by atoms with Crippen molar-refractivity contribution in [3.8, 4) is 11.5 Å². The van der Waals surface area contributed by atoms with Crippen molar-refractivity contribution in [2.45, 2.75) is 13.0 Å². The van der Waals surface area contributed by atoms with Gasteiger partial charge in [-0.15, -0.1) is 0 Å². The van der Waals surface area contributed by atoms with E-state index in [9.17, 15) is 9.18 Å². The summed E-state index contributed by atoms with van der Waals surface area (Å²) in [6.45, 7) is 1.57. The van der Waals surface area contributed by atoms with Gasteiger partial charge in [-0.3, -0.25) is 4.79 Å². The van der Waals surface area contributed by atoms with Gasteiger partial charge in [-0.2, -0.15) is 0 Å². The molecule has 0 heterocycles. The normalized spacial score (nSPS) is 11.6. The number of nitrogen functional groups attached to an aromatic ring is 1. The quantitative estimate of drug-likeness (QED) is 0.833. The van der Waals surface area contributed by atoms with Gasteiger partial charge >= 0.3 is 0 Å². The molecule has 2 aromatic rings. The van der Waals surface area contributed by atoms with Crippen LogP contribution < -0.4 is 20.5 Å². The number of amides is 1. The van der Waals surface area contributed by atoms with Gasteiger partial charge < -0.3 is 20.5 Å². The summed E-state index contributed by atoms with van der Waals surface area (Å²) in [4.78, 5) is 12.0. The Morgan fingerprint density at radius 3 is 2.45 bits per heavy atom. The minimum atomic E-state index is -0.797. The minimum Gasteiger partial charge on any atom is -0.497 e. The van der Waals surface area contributed by atoms with E-state index in [1.54, 1.807) is 38.3 Å². The molecule has 2 rings (SSSR count). The fourth-order valence-electron chi connectivity index (χ4n) is 1.78. The summed E-state index contributed by atoms with van der Waals surface area (Å²) in [5.74, 6) is 0.169. The largest absolute Gasteiger partial charge is 0.497 e. The number of halogens is 1. The summed E-state index contributed by atoms with van der Waals surface area (Å²) in [6.07, 6.45) is -0.797. The first-order valence-electron chi connectivity index (χ1n) is 6.66. The van der Waals surface area contributed by atoms with Gasteiger partial charge in [0.05, 0.1) is 12.8 Å². The Hall–Kier alpha value is -2.76. The lowest BCUT2D eigenvalue weighted by atomic mass is 10.2. The molecular formula is C16H17FN2O3. The summed E-state index contributed by atoms with van der Waals surface area (Å²) in [6, 6.07) is 10.8. The van der Waals surface area contributed by atoms with Crippen LogP contribution >= 0.6 is 0 Å². The van der Waals surface area contributed by atoms with E-state index in [-0.39, 0.29) is 5.69 Å². The highest BCUT2D eigenvalue weighted by Crippen LogP contribution is 2.20. The van der Waals surface area contributed by atoms with Crippen LogP contribution in [0.25, 0.3) is 0 Å². The van der Waals surface area contributed by atoms with Gasteiger partial charge in [0.25, 0.3) is 5.91 Å². The first-order valence-corrected chi connectivity index (χ1v) is 6.66. The van der Waals surface area contributed by atoms with Crippen LogP contribution in [0.3, 0.4) is 0 Å². The number of rotatable bonds is 5. The average molecular weight is 304 g/mol. The minimum absolute atomic E-state index is 0.0233. The maximum Gasteiger partial charge on any atom is 0.265 e. The van der Waals surface area contributed by atoms with Crippen molar-refractivity contribution < 1.29 is 18.7 Å². The molecule has 3 N–H and O–H groups in total. The van der Waals surface area contributed by atoms with E-state index in [1.165, 1.54) is 18.2 Å². The van der Waals surface area contributed by atoms with E-state index in [0.29, 0.717) is 17.2 Å². The smallest absolute Gasteiger partial charge is 0.265 e. The molecule has 0 aliphatic carbocycles. The van der Waals surface area contributed by atoms with Crippen molar-refractivity contribution in [3.05, 3.63) is 48.3 Å². The summed E-state index contributed by atoms with van der Waals surface area (Å²) in [7, 11) is 1.56. The third-order valence-corrected chi connectivity index (χ3v) is 2.99. The number of methoxy groups -OCH3 is 1. The van der Waals surface area contributed by atoms with Crippen molar-refractivity contribution in [1.29, 1.82) is 0 Å². The van der Waals surface area contributed by atoms with Crippen LogP contribution in [0.5, 0.6) is 11.5 Å². The van der Waals surface area contributed by atoms with E-state index >= 15 is 0 Å². The van der Waals surface area contributed by atoms with Gasteiger partial charge in [-0.25, -0.2) is 4.39 Å². The lowest BCUT2D eigenvalue weighted by Gasteiger charge is -2.15. The molecule has 116 valence electrons. The second-order valence-corrected chi connectivity index (χ2v) is 4.66. The second-order valence-electron chi connectivity index (χ2n) is 4.66. The number of ether oxygens (including phenoxy) is 2. The van der Waals surface area contributed by atoms with Crippen LogP contribution in [-0.2, 0) is 4.79 Å². The molecule has 2 aromatic carbocycles. The number of nitrogens with one attached hydrogen (secondary N) is 1. The van der Waals surface area contributed by atoms with Crippen LogP contribution in [0.15, 0.2) is 42.5 Å². The Morgan fingerprint density at radius 2 is 1.82 bits per heavy atom. The van der Waals surface area contributed by atoms with Gasteiger partial charge in [-0.05, 0) is 49.4 Å². The van der Waals surface area contributed by atoms with Crippen LogP contribution in [0, 0.1) is 5.82 Å². The lowest BCUT2D eigenvalue weighted by Crippen LogP contribution is -2.30. The van der Waals surface area contributed by atoms with E-state index in [4.69, 9.17) is 15.2 Å². The zero-order chi connectivity index (χ0) is 16.1. The fourth-order valence-corrected chi connectivity index (χ4v) is 1.78. The standard InChI is InChI=1S/C16H17FN2O3/c1-10(22-13-6-4-12(21-2)5-7-13)16(20)19-15-9-11(18)3-8-14(15)17/h3-10H,18H2,1-2H3,(H,19,20). The molecule has 0 aliphatic rings. The molecule has 0 saturated heterocycles. The molecule has 0 bridgehead atoms. The number of benzene rings is 2. The van der Waals surface area contributed by atoms with Crippen LogP contribution in [0.4, 0.5) is 15.8 Å². The zero-order valence-corrected chi connectivity index (χ0v) is 12.3. The fraction of sp³-hybridized carbons (Fsp3) is 0.188. The van der Waals surface area contributed by atoms with E-state index in [0.717, 1.165) is 0 Å². The lowest BCUT2D eigenvalue weighted by molar-refractivity contribution is -0.122. The number of hydrogen-bond acceptors (Lipinski definition) is 4. The number of nitrogens with two attached hydrogens (primary N) is 1. The maximum absolute atomic E-state index is 13.6. The first kappa shape index (κ1) is 15.6. The monoisotopic (exact) mass is 304 g/mol. The average Bonchev–Trinajstić information content (AvgIpc) is 2.51. The maximum atomic E-state index is 13.6. The second kappa shape index (κ2) is 6.80. The van der Waals surface area contributed by atoms with Crippen LogP contribution in [0.2, 0.25) is 0 Å². The number of carbonyl (C=O) groups is 1. The Kier molecular flexibility index (Phi) is 4.83. The molecule has 0 spiro atoms. The number of carbonyl (C=O) groups excluding carboxylic acids is 1. The van der Waals surface area contributed by atoms with Crippen LogP contribution in [0.1, 0.15) is 6.92 Å². The molecule has 0 radical (unpaired) electrons. The number of hydrogen-bond donors (Lipinski definition) is 2. The highest BCUT2D eigenvalue weighted by Gasteiger charge is 2.16. The van der Waals surface area contributed by atoms with Gasteiger partial charge in [0.15, 0.2) is 6.10 Å². The highest BCUT2D eigenvalue weighted by molar-refractivity contribution is 5.94. The molecule has 0 fully saturated rings. The van der Waals surface area contributed by atoms with Crippen molar-refractivity contribution in [1.82, 2.24) is 0 Å². The molecule has 0 aliphatic heterocycles. The molecule has 1 atom stereocenters. The van der Waals surface area contributed by atoms with Crippen molar-refractivity contribution in [2.75, 3.05) is 18.2 Å². The zero-order valence-electron chi connectivity index (χ0n) is 12.3. The Morgan fingerprint density at radius 1 is 1.18 bits per heavy atom. The molecule has 1 amide bonds. The molecular weight excluding hydrogens is 287 g/mol. The summed E-state index contributed by atoms with van der Waals surface area (Å²) >= 11 is 0. The van der Waals surface area contributed by atoms with Gasteiger partial charge in [0.2, 0.25) is 0 Å². The van der Waals surface area contributed by atoms with E-state index in [1.807, 2.05) is 0 Å². The molecule has 22 heavy (non-hydrogen) atoms. The molecule has 6 heteroatoms. The highest BCUT2D eigenvalue weighted by atomic mass is 19.1. The van der Waals surface area contributed by atoms with Gasteiger partial charge in [0.1, 0.15) is 17.3 Å². The summed E-state index contributed by atoms with van der Waals surface area (Å²) in [5.41, 5.74) is 5.95. The van der Waals surface area contributed by atoms with Crippen molar-refractivity contribution in [3.63, 3.8) is 0 Å². The van der Waals surface area contributed by atoms with Gasteiger partial charge in [-0.1, -0.05) is 0 Å². The SMILES string of the molecule is COc1ccc(OC(C)C(=O)Nc2cc(N)ccc2F)cc1. The predicted molar refractivity (Wildman–Crippen MR) is 82.5 cm³/mol. The van der Waals surface area contributed by atoms with Crippen molar-refractivity contribution >= 4 is 17.3 Å². The van der Waals surface area contributed by atoms with E-state index < -0.39 is 17.8 Å². The van der Waals surface area contributed by atoms with Crippen LogP contribution in [-0.4, -0.2) is 19.1 Å². The first-order chi connectivity index (χ1) is 10.5. The topological polar surface area (TPSA) is 73.6 Å². The third-order valence-electron chi connectivity index (χ3n) is 2.99. The Balaban J connectivity index is 2.00. The van der Waals surface area contributed by atoms with Crippen molar-refractivity contribution in [2.24, 2.45) is 0 Å². The summed E-state index contributed by atoms with van der Waals surface area (Å²) < 4.78 is 24.1. The van der Waals surface area contributed by atoms with Gasteiger partial charge in [0, 0.05) is 5.69 Å². The number of anilines is 2. The Bertz CT molecular complexity index is 659. The summed E-state index contributed by atoms with van der Waals surface area (Å²) in [5, 5.41) is 2.45. The Labute approximate surface area is 127 Å². The third kappa shape index (κ3) is 3.88. The molecule has 0 aromatic heterocycles. The predicted octanol–water partition coefficient (Wildman–Crippen LogP) is 2.82. The molecule has 5 nitrogen and oxygen atoms in total. The molecule has 0 saturated carbocycles. The molecule has 1 unspecified atom stereocenters.